The number of hydrogen-bond donors (Lipinski definition) is 1. The number of carbonyl (C=O) groups is 1. The molecule has 1 saturated heterocycles. The molecule has 11 nitrogen and oxygen atoms in total. The molecule has 5 aromatic rings. The van der Waals surface area contributed by atoms with Crippen molar-refractivity contribution in [1.82, 2.24) is 18.7 Å². The van der Waals surface area contributed by atoms with Crippen molar-refractivity contribution in [1.29, 1.82) is 0 Å². The molecule has 1 amide bonds. The van der Waals surface area contributed by atoms with Gasteiger partial charge in [0.25, 0.3) is 11.5 Å². The summed E-state index contributed by atoms with van der Waals surface area (Å²) in [5.74, 6) is 0.0157. The fourth-order valence-corrected chi connectivity index (χ4v) is 5.02. The highest BCUT2D eigenvalue weighted by Gasteiger charge is 2.20. The lowest BCUT2D eigenvalue weighted by Gasteiger charge is -2.29. The second-order valence-electron chi connectivity index (χ2n) is 10.1. The second kappa shape index (κ2) is 11.6. The van der Waals surface area contributed by atoms with Crippen LogP contribution in [0.3, 0.4) is 0 Å². The van der Waals surface area contributed by atoms with Gasteiger partial charge in [-0.1, -0.05) is 0 Å². The van der Waals surface area contributed by atoms with Crippen LogP contribution in [0.4, 0.5) is 15.8 Å². The van der Waals surface area contributed by atoms with Crippen LogP contribution in [0, 0.1) is 12.7 Å². The Morgan fingerprint density at radius 2 is 1.77 bits per heavy atom. The third kappa shape index (κ3) is 5.52. The minimum atomic E-state index is -0.805. The van der Waals surface area contributed by atoms with Crippen LogP contribution in [0.1, 0.15) is 22.8 Å². The summed E-state index contributed by atoms with van der Waals surface area (Å²) in [6.45, 7) is 6.64. The number of hydrogen-bond acceptors (Lipinski definition) is 7. The lowest BCUT2D eigenvalue weighted by Crippen LogP contribution is -2.42. The van der Waals surface area contributed by atoms with E-state index in [1.807, 2.05) is 25.3 Å². The number of nitrogens with one attached hydrogen (secondary N) is 1. The zero-order chi connectivity index (χ0) is 30.1. The van der Waals surface area contributed by atoms with Crippen molar-refractivity contribution in [3.63, 3.8) is 0 Å². The van der Waals surface area contributed by atoms with Crippen LogP contribution in [0.2, 0.25) is 0 Å². The van der Waals surface area contributed by atoms with Gasteiger partial charge < -0.3 is 19.7 Å². The minimum absolute atomic E-state index is 0.163. The summed E-state index contributed by atoms with van der Waals surface area (Å²) in [4.78, 5) is 41.7. The zero-order valence-corrected chi connectivity index (χ0v) is 23.6. The monoisotopic (exact) mass is 584 g/mol. The first kappa shape index (κ1) is 27.9. The molecular formula is C31H29FN6O5. The number of pyridine rings is 1. The summed E-state index contributed by atoms with van der Waals surface area (Å²) in [5, 5.41) is 7.15. The fraction of sp³-hybridized carbons (Fsp3) is 0.226. The van der Waals surface area contributed by atoms with E-state index in [-0.39, 0.29) is 17.8 Å². The number of halogens is 1. The van der Waals surface area contributed by atoms with Crippen LogP contribution in [-0.2, 0) is 11.3 Å². The first-order valence-corrected chi connectivity index (χ1v) is 13.8. The van der Waals surface area contributed by atoms with E-state index in [1.165, 1.54) is 22.9 Å². The van der Waals surface area contributed by atoms with Gasteiger partial charge in [-0.2, -0.15) is 5.10 Å². The molecule has 4 heterocycles. The van der Waals surface area contributed by atoms with Crippen LogP contribution in [0.5, 0.6) is 11.5 Å². The average molecular weight is 585 g/mol. The van der Waals surface area contributed by atoms with Crippen LogP contribution < -0.4 is 26.2 Å². The average Bonchev–Trinajstić information content (AvgIpc) is 3.49. The molecular weight excluding hydrogens is 555 g/mol. The number of fused-ring (bicyclic) bond motifs is 1. The van der Waals surface area contributed by atoms with Crippen molar-refractivity contribution in [2.24, 2.45) is 0 Å². The van der Waals surface area contributed by atoms with Gasteiger partial charge >= 0.3 is 5.69 Å². The van der Waals surface area contributed by atoms with E-state index in [0.717, 1.165) is 46.6 Å². The number of carbonyl (C=O) groups excluding carboxylic acids is 1. The van der Waals surface area contributed by atoms with Crippen LogP contribution in [-0.4, -0.2) is 51.0 Å². The van der Waals surface area contributed by atoms with Crippen molar-refractivity contribution in [2.75, 3.05) is 36.5 Å². The van der Waals surface area contributed by atoms with E-state index in [4.69, 9.17) is 9.47 Å². The summed E-state index contributed by atoms with van der Waals surface area (Å²) in [6.07, 6.45) is 4.91. The molecule has 12 heteroatoms. The smallest absolute Gasteiger partial charge is 0.335 e. The Kier molecular flexibility index (Phi) is 7.51. The van der Waals surface area contributed by atoms with Crippen molar-refractivity contribution in [2.45, 2.75) is 20.4 Å². The number of anilines is 2. The predicted octanol–water partition coefficient (Wildman–Crippen LogP) is 4.00. The molecule has 0 unspecified atom stereocenters. The number of benzene rings is 2. The Bertz CT molecular complexity index is 1940. The maximum absolute atomic E-state index is 13.5. The number of aromatic nitrogens is 4. The third-order valence-electron chi connectivity index (χ3n) is 7.31. The molecule has 0 bridgehead atoms. The lowest BCUT2D eigenvalue weighted by atomic mass is 10.2. The van der Waals surface area contributed by atoms with Crippen molar-refractivity contribution >= 4 is 22.8 Å². The summed E-state index contributed by atoms with van der Waals surface area (Å²) in [5.41, 5.74) is 1.46. The lowest BCUT2D eigenvalue weighted by molar-refractivity contribution is 0.102. The largest absolute Gasteiger partial charge is 0.455 e. The number of rotatable bonds is 7. The van der Waals surface area contributed by atoms with E-state index < -0.39 is 23.0 Å². The van der Waals surface area contributed by atoms with Gasteiger partial charge in [0, 0.05) is 37.6 Å². The minimum Gasteiger partial charge on any atom is -0.455 e. The molecule has 1 N–H and O–H groups in total. The van der Waals surface area contributed by atoms with Crippen molar-refractivity contribution < 1.29 is 18.7 Å². The number of ether oxygens (including phenoxy) is 2. The van der Waals surface area contributed by atoms with Crippen LogP contribution >= 0.6 is 0 Å². The first-order chi connectivity index (χ1) is 20.8. The van der Waals surface area contributed by atoms with Crippen LogP contribution in [0.15, 0.2) is 82.8 Å². The van der Waals surface area contributed by atoms with Gasteiger partial charge in [0.05, 0.1) is 37.0 Å². The highest BCUT2D eigenvalue weighted by atomic mass is 19.1. The maximum atomic E-state index is 13.5. The SMILES string of the molecule is CCn1cc(C(=O)Nc2ccc(Oc3cc(N4CCOCC4)cn4nccc34)c(C)c2)c(=O)n(-c2ccc(F)cc2)c1=O. The second-order valence-corrected chi connectivity index (χ2v) is 10.1. The maximum Gasteiger partial charge on any atom is 0.335 e. The highest BCUT2D eigenvalue weighted by Crippen LogP contribution is 2.33. The molecule has 1 aliphatic heterocycles. The molecule has 3 aromatic heterocycles. The van der Waals surface area contributed by atoms with Crippen LogP contribution in [0.25, 0.3) is 11.2 Å². The standard InChI is InChI=1S/C31H29FN6O5/c1-3-35-19-25(30(40)38(31(35)41)23-7-4-21(32)5-8-23)29(39)34-22-6-9-27(20(2)16-22)43-28-17-24(36-12-14-42-15-13-36)18-37-26(28)10-11-33-37/h4-11,16-19H,3,12-15H2,1-2H3,(H,34,39). The van der Waals surface area contributed by atoms with Crippen molar-refractivity contribution in [3.05, 3.63) is 111 Å². The molecule has 1 fully saturated rings. The van der Waals surface area contributed by atoms with E-state index in [1.54, 1.807) is 35.8 Å². The molecule has 2 aromatic carbocycles. The number of amides is 1. The Labute approximate surface area is 245 Å². The normalized spacial score (nSPS) is 13.3. The van der Waals surface area contributed by atoms with E-state index in [9.17, 15) is 18.8 Å². The Morgan fingerprint density at radius 1 is 1.00 bits per heavy atom. The van der Waals surface area contributed by atoms with Crippen molar-refractivity contribution in [3.8, 4) is 17.2 Å². The molecule has 0 saturated carbocycles. The van der Waals surface area contributed by atoms with Gasteiger partial charge in [0.2, 0.25) is 0 Å². The number of morpholine rings is 1. The molecule has 220 valence electrons. The first-order valence-electron chi connectivity index (χ1n) is 13.8. The fourth-order valence-electron chi connectivity index (χ4n) is 5.02. The van der Waals surface area contributed by atoms with E-state index in [0.29, 0.717) is 30.4 Å². The van der Waals surface area contributed by atoms with Gasteiger partial charge in [0.1, 0.15) is 22.6 Å². The molecule has 0 radical (unpaired) electrons. The highest BCUT2D eigenvalue weighted by molar-refractivity contribution is 6.04. The Morgan fingerprint density at radius 3 is 2.49 bits per heavy atom. The van der Waals surface area contributed by atoms with Gasteiger partial charge in [-0.3, -0.25) is 14.2 Å². The summed E-state index contributed by atoms with van der Waals surface area (Å²) < 4.78 is 29.2. The van der Waals surface area contributed by atoms with Gasteiger partial charge in [-0.05, 0) is 67.9 Å². The van der Waals surface area contributed by atoms with E-state index in [2.05, 4.69) is 15.3 Å². The van der Waals surface area contributed by atoms with Gasteiger partial charge in [0.15, 0.2) is 5.75 Å². The summed E-state index contributed by atoms with van der Waals surface area (Å²) >= 11 is 0. The van der Waals surface area contributed by atoms with E-state index >= 15 is 0 Å². The molecule has 0 spiro atoms. The predicted molar refractivity (Wildman–Crippen MR) is 159 cm³/mol. The molecule has 6 rings (SSSR count). The zero-order valence-electron chi connectivity index (χ0n) is 23.6. The Balaban J connectivity index is 1.27. The molecule has 1 aliphatic rings. The number of aryl methyl sites for hydroxylation is 2. The third-order valence-corrected chi connectivity index (χ3v) is 7.31. The molecule has 0 aliphatic carbocycles. The number of nitrogens with zero attached hydrogens (tertiary/aromatic N) is 5. The summed E-state index contributed by atoms with van der Waals surface area (Å²) in [6, 6.07) is 13.9. The topological polar surface area (TPSA) is 112 Å². The quantitative estimate of drug-likeness (QED) is 0.308. The Hall–Kier alpha value is -5.23. The van der Waals surface area contributed by atoms with Gasteiger partial charge in [-0.15, -0.1) is 0 Å². The summed E-state index contributed by atoms with van der Waals surface area (Å²) in [7, 11) is 0. The molecule has 0 atom stereocenters. The molecule has 43 heavy (non-hydrogen) atoms. The van der Waals surface area contributed by atoms with Gasteiger partial charge in [-0.25, -0.2) is 18.3 Å².